The minimum Gasteiger partial charge on any atom is -0.478 e. The first-order valence-corrected chi connectivity index (χ1v) is 7.15. The molecule has 1 aromatic carbocycles. The Bertz CT molecular complexity index is 710. The van der Waals surface area contributed by atoms with Gasteiger partial charge in [-0.15, -0.1) is 0 Å². The Morgan fingerprint density at radius 1 is 1.09 bits per heavy atom. The van der Waals surface area contributed by atoms with Gasteiger partial charge >= 0.3 is 5.97 Å². The van der Waals surface area contributed by atoms with Crippen molar-refractivity contribution in [1.82, 2.24) is 9.88 Å². The smallest absolute Gasteiger partial charge is 0.336 e. The number of hydrogen-bond donors (Lipinski definition) is 2. The molecule has 116 valence electrons. The van der Waals surface area contributed by atoms with Gasteiger partial charge in [-0.05, 0) is 52.0 Å². The van der Waals surface area contributed by atoms with Gasteiger partial charge in [0.15, 0.2) is 0 Å². The number of carboxylic acids is 1. The minimum absolute atomic E-state index is 0.00292. The van der Waals surface area contributed by atoms with Gasteiger partial charge in [0.2, 0.25) is 0 Å². The number of nitrogens with one attached hydrogen (secondary N) is 1. The van der Waals surface area contributed by atoms with Crippen LogP contribution < -0.4 is 5.32 Å². The maximum absolute atomic E-state index is 12.5. The van der Waals surface area contributed by atoms with Crippen molar-refractivity contribution in [3.63, 3.8) is 0 Å². The number of aryl methyl sites for hydroxylation is 2. The van der Waals surface area contributed by atoms with Crippen molar-refractivity contribution in [3.05, 3.63) is 52.8 Å². The van der Waals surface area contributed by atoms with Crippen LogP contribution >= 0.6 is 0 Å². The molecule has 5 nitrogen and oxygen atoms in total. The number of carboxylic acid groups (broad SMARTS) is 1. The molecule has 0 radical (unpaired) electrons. The molecule has 5 heteroatoms. The molecule has 0 saturated carbocycles. The Hall–Kier alpha value is -2.56. The molecule has 2 aromatic rings. The van der Waals surface area contributed by atoms with E-state index in [4.69, 9.17) is 0 Å². The van der Waals surface area contributed by atoms with Crippen molar-refractivity contribution in [2.75, 3.05) is 0 Å². The van der Waals surface area contributed by atoms with E-state index in [1.54, 1.807) is 12.1 Å². The molecule has 0 fully saturated rings. The number of aromatic carboxylic acids is 1. The predicted octanol–water partition coefficient (Wildman–Crippen LogP) is 2.93. The second-order valence-electron chi connectivity index (χ2n) is 5.58. The number of nitrogens with zero attached hydrogens (tertiary/aromatic N) is 1. The van der Waals surface area contributed by atoms with Crippen LogP contribution in [0.3, 0.4) is 0 Å². The van der Waals surface area contributed by atoms with Crippen molar-refractivity contribution in [2.45, 2.75) is 33.7 Å². The van der Waals surface area contributed by atoms with E-state index in [-0.39, 0.29) is 23.1 Å². The van der Waals surface area contributed by atoms with Gasteiger partial charge in [-0.2, -0.15) is 0 Å². The summed E-state index contributed by atoms with van der Waals surface area (Å²) in [5.41, 5.74) is 2.66. The summed E-state index contributed by atoms with van der Waals surface area (Å²) in [7, 11) is 0. The third-order valence-corrected chi connectivity index (χ3v) is 3.43. The summed E-state index contributed by atoms with van der Waals surface area (Å²) < 4.78 is 1.89. The lowest BCUT2D eigenvalue weighted by atomic mass is 10.0. The largest absolute Gasteiger partial charge is 0.478 e. The van der Waals surface area contributed by atoms with Crippen LogP contribution in [0.4, 0.5) is 0 Å². The van der Waals surface area contributed by atoms with Crippen molar-refractivity contribution < 1.29 is 14.7 Å². The Kier molecular flexibility index (Phi) is 4.35. The first-order chi connectivity index (χ1) is 10.3. The molecule has 1 heterocycles. The molecular formula is C17H20N2O3. The molecule has 0 atom stereocenters. The van der Waals surface area contributed by atoms with Crippen LogP contribution in [0.25, 0.3) is 5.69 Å². The number of hydrogen-bond acceptors (Lipinski definition) is 2. The summed E-state index contributed by atoms with van der Waals surface area (Å²) >= 11 is 0. The van der Waals surface area contributed by atoms with Gasteiger partial charge in [0.05, 0.1) is 16.8 Å². The fourth-order valence-corrected chi connectivity index (χ4v) is 2.53. The van der Waals surface area contributed by atoms with E-state index in [0.29, 0.717) is 5.69 Å². The van der Waals surface area contributed by atoms with Gasteiger partial charge < -0.3 is 15.0 Å². The fraction of sp³-hybridized carbons (Fsp3) is 0.294. The molecular weight excluding hydrogens is 280 g/mol. The first kappa shape index (κ1) is 15.8. The number of benzene rings is 1. The number of carbonyl (C=O) groups is 2. The third-order valence-electron chi connectivity index (χ3n) is 3.43. The molecule has 0 aliphatic rings. The maximum atomic E-state index is 12.5. The Morgan fingerprint density at radius 2 is 1.68 bits per heavy atom. The highest BCUT2D eigenvalue weighted by atomic mass is 16.4. The molecule has 0 unspecified atom stereocenters. The first-order valence-electron chi connectivity index (χ1n) is 7.15. The van der Waals surface area contributed by atoms with E-state index >= 15 is 0 Å². The summed E-state index contributed by atoms with van der Waals surface area (Å²) in [4.78, 5) is 24.0. The lowest BCUT2D eigenvalue weighted by Gasteiger charge is -2.17. The van der Waals surface area contributed by atoms with Gasteiger partial charge in [0.1, 0.15) is 0 Å². The van der Waals surface area contributed by atoms with Crippen LogP contribution in [-0.4, -0.2) is 27.6 Å². The zero-order valence-corrected chi connectivity index (χ0v) is 13.2. The molecule has 22 heavy (non-hydrogen) atoms. The fourth-order valence-electron chi connectivity index (χ4n) is 2.53. The Labute approximate surface area is 129 Å². The predicted molar refractivity (Wildman–Crippen MR) is 84.8 cm³/mol. The lowest BCUT2D eigenvalue weighted by molar-refractivity contribution is 0.0690. The molecule has 1 aromatic heterocycles. The third kappa shape index (κ3) is 2.88. The number of amides is 1. The van der Waals surface area contributed by atoms with Crippen LogP contribution in [0.5, 0.6) is 0 Å². The van der Waals surface area contributed by atoms with Gasteiger partial charge in [-0.25, -0.2) is 4.79 Å². The van der Waals surface area contributed by atoms with Gasteiger partial charge in [-0.3, -0.25) is 4.79 Å². The summed E-state index contributed by atoms with van der Waals surface area (Å²) in [6, 6.07) is 8.68. The van der Waals surface area contributed by atoms with E-state index in [2.05, 4.69) is 5.32 Å². The van der Waals surface area contributed by atoms with Crippen molar-refractivity contribution >= 4 is 11.9 Å². The van der Waals surface area contributed by atoms with Gasteiger partial charge in [0, 0.05) is 17.4 Å². The quantitative estimate of drug-likeness (QED) is 0.912. The molecule has 0 saturated heterocycles. The molecule has 0 spiro atoms. The highest BCUT2D eigenvalue weighted by Crippen LogP contribution is 2.23. The zero-order chi connectivity index (χ0) is 16.4. The van der Waals surface area contributed by atoms with Crippen molar-refractivity contribution in [1.29, 1.82) is 0 Å². The van der Waals surface area contributed by atoms with Crippen LogP contribution in [0.2, 0.25) is 0 Å². The Morgan fingerprint density at radius 3 is 2.18 bits per heavy atom. The summed E-state index contributed by atoms with van der Waals surface area (Å²) in [5.74, 6) is -1.49. The summed E-state index contributed by atoms with van der Waals surface area (Å²) in [5, 5.41) is 12.2. The van der Waals surface area contributed by atoms with Gasteiger partial charge in [-0.1, -0.05) is 6.07 Å². The monoisotopic (exact) mass is 300 g/mol. The summed E-state index contributed by atoms with van der Waals surface area (Å²) in [6.45, 7) is 7.52. The van der Waals surface area contributed by atoms with Crippen LogP contribution in [0.15, 0.2) is 30.3 Å². The van der Waals surface area contributed by atoms with E-state index in [1.807, 2.05) is 44.4 Å². The molecule has 1 amide bonds. The van der Waals surface area contributed by atoms with Crippen molar-refractivity contribution in [2.24, 2.45) is 0 Å². The topological polar surface area (TPSA) is 71.3 Å². The second-order valence-corrected chi connectivity index (χ2v) is 5.58. The average Bonchev–Trinajstić information content (AvgIpc) is 2.76. The van der Waals surface area contributed by atoms with Crippen LogP contribution in [0.1, 0.15) is 46.0 Å². The normalized spacial score (nSPS) is 10.8. The standard InChI is InChI=1S/C17H20N2O3/c1-10(2)18-16(20)15-13(17(21)22)6-5-7-14(15)19-11(3)8-9-12(19)4/h5-10H,1-4H3,(H,18,20)(H,21,22). The number of rotatable bonds is 4. The highest BCUT2D eigenvalue weighted by Gasteiger charge is 2.23. The minimum atomic E-state index is -1.11. The van der Waals surface area contributed by atoms with E-state index in [1.165, 1.54) is 6.07 Å². The average molecular weight is 300 g/mol. The SMILES string of the molecule is Cc1ccc(C)n1-c1cccc(C(=O)O)c1C(=O)NC(C)C. The lowest BCUT2D eigenvalue weighted by Crippen LogP contribution is -2.32. The molecule has 0 bridgehead atoms. The molecule has 2 N–H and O–H groups in total. The number of carbonyl (C=O) groups excluding carboxylic acids is 1. The molecule has 0 aliphatic carbocycles. The number of aromatic nitrogens is 1. The van der Waals surface area contributed by atoms with Crippen molar-refractivity contribution in [3.8, 4) is 5.69 Å². The van der Waals surface area contributed by atoms with Crippen LogP contribution in [0, 0.1) is 13.8 Å². The van der Waals surface area contributed by atoms with E-state index in [9.17, 15) is 14.7 Å². The van der Waals surface area contributed by atoms with E-state index < -0.39 is 5.97 Å². The van der Waals surface area contributed by atoms with Crippen LogP contribution in [-0.2, 0) is 0 Å². The van der Waals surface area contributed by atoms with Gasteiger partial charge in [0.25, 0.3) is 5.91 Å². The molecule has 2 rings (SSSR count). The summed E-state index contributed by atoms with van der Waals surface area (Å²) in [6.07, 6.45) is 0. The van der Waals surface area contributed by atoms with E-state index in [0.717, 1.165) is 11.4 Å². The second kappa shape index (κ2) is 6.05. The Balaban J connectivity index is 2.72. The molecule has 0 aliphatic heterocycles. The highest BCUT2D eigenvalue weighted by molar-refractivity contribution is 6.07. The zero-order valence-electron chi connectivity index (χ0n) is 13.2. The maximum Gasteiger partial charge on any atom is 0.336 e.